The van der Waals surface area contributed by atoms with Gasteiger partial charge < -0.3 is 0 Å². The van der Waals surface area contributed by atoms with Crippen molar-refractivity contribution < 1.29 is 4.79 Å². The summed E-state index contributed by atoms with van der Waals surface area (Å²) < 4.78 is 2.20. The van der Waals surface area contributed by atoms with Crippen molar-refractivity contribution in [1.82, 2.24) is 3.11 Å². The van der Waals surface area contributed by atoms with E-state index in [1.54, 1.807) is 6.92 Å². The number of ketones is 1. The van der Waals surface area contributed by atoms with Gasteiger partial charge in [-0.3, -0.25) is 4.79 Å². The number of piperidine rings is 1. The lowest BCUT2D eigenvalue weighted by Crippen LogP contribution is -2.37. The maximum absolute atomic E-state index is 11.7. The molecule has 1 heterocycles. The Morgan fingerprint density at radius 1 is 1.41 bits per heavy atom. The average molecular weight is 364 g/mol. The molecule has 1 aliphatic rings. The van der Waals surface area contributed by atoms with Crippen molar-refractivity contribution in [3.63, 3.8) is 0 Å². The van der Waals surface area contributed by atoms with Crippen molar-refractivity contribution in [3.8, 4) is 0 Å². The van der Waals surface area contributed by atoms with Gasteiger partial charge in [-0.25, -0.2) is 3.11 Å². The van der Waals surface area contributed by atoms with E-state index in [2.05, 4.69) is 26.0 Å². The minimum atomic E-state index is 0.113. The number of halogens is 2. The number of nitrogens with zero attached hydrogens (tertiary/aromatic N) is 1. The molecule has 0 amide bonds. The maximum Gasteiger partial charge on any atom is 0.134 e. The zero-order valence-corrected chi connectivity index (χ0v) is 12.6. The highest BCUT2D eigenvalue weighted by atomic mass is 127. The summed E-state index contributed by atoms with van der Waals surface area (Å²) in [6.45, 7) is 3.59. The molecule has 0 aliphatic carbocycles. The number of hydrogen-bond donors (Lipinski definition) is 0. The highest BCUT2D eigenvalue weighted by molar-refractivity contribution is 14.1. The van der Waals surface area contributed by atoms with E-state index in [1.807, 2.05) is 24.3 Å². The van der Waals surface area contributed by atoms with Crippen LogP contribution < -0.4 is 0 Å². The summed E-state index contributed by atoms with van der Waals surface area (Å²) >= 11 is 8.20. The van der Waals surface area contributed by atoms with Crippen LogP contribution in [-0.4, -0.2) is 22.0 Å². The first-order valence-electron chi connectivity index (χ1n) is 5.74. The predicted molar refractivity (Wildman–Crippen MR) is 78.6 cm³/mol. The number of hydrogen-bond acceptors (Lipinski definition) is 2. The van der Waals surface area contributed by atoms with E-state index >= 15 is 0 Å². The molecule has 1 saturated heterocycles. The Hall–Kier alpha value is -0.130. The minimum absolute atomic E-state index is 0.113. The molecule has 4 heteroatoms. The Balaban J connectivity index is 2.23. The molecule has 0 saturated carbocycles. The largest absolute Gasteiger partial charge is 0.300 e. The molecule has 0 N–H and O–H groups in total. The molecule has 1 aromatic carbocycles. The van der Waals surface area contributed by atoms with E-state index in [4.69, 9.17) is 11.6 Å². The molecule has 0 radical (unpaired) electrons. The van der Waals surface area contributed by atoms with Gasteiger partial charge in [0.1, 0.15) is 5.78 Å². The summed E-state index contributed by atoms with van der Waals surface area (Å²) in [5, 5.41) is 0.749. The second-order valence-electron chi connectivity index (χ2n) is 4.53. The van der Waals surface area contributed by atoms with Crippen molar-refractivity contribution in [3.05, 3.63) is 34.9 Å². The van der Waals surface area contributed by atoms with Gasteiger partial charge in [-0.15, -0.1) is 0 Å². The molecule has 92 valence electrons. The van der Waals surface area contributed by atoms with E-state index in [0.29, 0.717) is 5.92 Å². The zero-order valence-electron chi connectivity index (χ0n) is 9.70. The van der Waals surface area contributed by atoms with Crippen LogP contribution in [0.5, 0.6) is 0 Å². The average Bonchev–Trinajstić information content (AvgIpc) is 2.30. The third kappa shape index (κ3) is 3.20. The monoisotopic (exact) mass is 363 g/mol. The summed E-state index contributed by atoms with van der Waals surface area (Å²) in [6.07, 6.45) is 1.04. The maximum atomic E-state index is 11.7. The van der Waals surface area contributed by atoms with Crippen LogP contribution in [0, 0.1) is 5.92 Å². The van der Waals surface area contributed by atoms with Crippen LogP contribution in [0.15, 0.2) is 24.3 Å². The van der Waals surface area contributed by atoms with E-state index < -0.39 is 0 Å². The van der Waals surface area contributed by atoms with Crippen molar-refractivity contribution in [2.24, 2.45) is 5.92 Å². The summed E-state index contributed by atoms with van der Waals surface area (Å²) in [7, 11) is 0. The molecule has 2 atom stereocenters. The normalized spacial score (nSPS) is 25.8. The van der Waals surface area contributed by atoms with Gasteiger partial charge in [0, 0.05) is 46.9 Å². The first-order chi connectivity index (χ1) is 8.08. The fourth-order valence-corrected chi connectivity index (χ4v) is 3.26. The quantitative estimate of drug-likeness (QED) is 0.590. The van der Waals surface area contributed by atoms with Gasteiger partial charge in [0.2, 0.25) is 0 Å². The number of benzene rings is 1. The van der Waals surface area contributed by atoms with Gasteiger partial charge in [0.05, 0.1) is 0 Å². The predicted octanol–water partition coefficient (Wildman–Crippen LogP) is 3.68. The number of Topliss-reactive ketones (excluding diaryl/α,β-unsaturated/α-hetero) is 1. The Morgan fingerprint density at radius 2 is 2.06 bits per heavy atom. The van der Waals surface area contributed by atoms with Crippen LogP contribution >= 0.6 is 34.5 Å². The Kier molecular flexibility index (Phi) is 4.44. The molecule has 17 heavy (non-hydrogen) atoms. The highest BCUT2D eigenvalue weighted by Crippen LogP contribution is 2.35. The lowest BCUT2D eigenvalue weighted by molar-refractivity contribution is -0.122. The number of carbonyl (C=O) groups is 1. The van der Waals surface area contributed by atoms with Gasteiger partial charge in [-0.05, 0) is 37.0 Å². The minimum Gasteiger partial charge on any atom is -0.300 e. The number of carbonyl (C=O) groups excluding carboxylic acids is 1. The number of rotatable bonds is 2. The van der Waals surface area contributed by atoms with Crippen LogP contribution in [-0.2, 0) is 4.79 Å². The van der Waals surface area contributed by atoms with Gasteiger partial charge in [-0.1, -0.05) is 23.7 Å². The third-order valence-electron chi connectivity index (χ3n) is 3.38. The van der Waals surface area contributed by atoms with Crippen molar-refractivity contribution in [1.29, 1.82) is 0 Å². The van der Waals surface area contributed by atoms with E-state index in [1.165, 1.54) is 5.56 Å². The van der Waals surface area contributed by atoms with Crippen molar-refractivity contribution >= 4 is 40.2 Å². The Labute approximate surface area is 121 Å². The zero-order chi connectivity index (χ0) is 12.4. The lowest BCUT2D eigenvalue weighted by atomic mass is 9.79. The molecule has 1 aliphatic heterocycles. The molecular weight excluding hydrogens is 349 g/mol. The van der Waals surface area contributed by atoms with Gasteiger partial charge in [-0.2, -0.15) is 0 Å². The molecule has 2 unspecified atom stereocenters. The van der Waals surface area contributed by atoms with Gasteiger partial charge >= 0.3 is 0 Å². The molecule has 0 spiro atoms. The smallest absolute Gasteiger partial charge is 0.134 e. The molecule has 0 bridgehead atoms. The van der Waals surface area contributed by atoms with Crippen molar-refractivity contribution in [2.45, 2.75) is 19.3 Å². The SMILES string of the molecule is CC(=O)C1CN(I)CCC1c1ccc(Cl)cc1. The van der Waals surface area contributed by atoms with Crippen LogP contribution in [0.2, 0.25) is 5.02 Å². The first kappa shape index (κ1) is 13.3. The Morgan fingerprint density at radius 3 is 2.65 bits per heavy atom. The van der Waals surface area contributed by atoms with Gasteiger partial charge in [0.25, 0.3) is 0 Å². The standard InChI is InChI=1S/C13H15ClINO/c1-9(17)13-8-16(15)7-6-12(13)10-2-4-11(14)5-3-10/h2-5,12-13H,6-8H2,1H3. The topological polar surface area (TPSA) is 20.3 Å². The van der Waals surface area contributed by atoms with Crippen LogP contribution in [0.1, 0.15) is 24.8 Å². The summed E-state index contributed by atoms with van der Waals surface area (Å²) in [5.41, 5.74) is 1.24. The first-order valence-corrected chi connectivity index (χ1v) is 7.09. The third-order valence-corrected chi connectivity index (χ3v) is 4.51. The van der Waals surface area contributed by atoms with E-state index in [9.17, 15) is 4.79 Å². The van der Waals surface area contributed by atoms with Crippen LogP contribution in [0.3, 0.4) is 0 Å². The van der Waals surface area contributed by atoms with Crippen molar-refractivity contribution in [2.75, 3.05) is 13.1 Å². The van der Waals surface area contributed by atoms with E-state index in [0.717, 1.165) is 24.5 Å². The summed E-state index contributed by atoms with van der Waals surface area (Å²) in [4.78, 5) is 11.7. The van der Waals surface area contributed by atoms with Crippen LogP contribution in [0.25, 0.3) is 0 Å². The molecule has 2 rings (SSSR count). The lowest BCUT2D eigenvalue weighted by Gasteiger charge is -2.34. The molecule has 2 nitrogen and oxygen atoms in total. The van der Waals surface area contributed by atoms with Crippen LogP contribution in [0.4, 0.5) is 0 Å². The Bertz CT molecular complexity index is 406. The summed E-state index contributed by atoms with van der Waals surface area (Å²) in [5.74, 6) is 0.740. The molecule has 1 fully saturated rings. The molecule has 1 aromatic rings. The second-order valence-corrected chi connectivity index (χ2v) is 6.33. The fourth-order valence-electron chi connectivity index (χ4n) is 2.43. The van der Waals surface area contributed by atoms with E-state index in [-0.39, 0.29) is 11.7 Å². The van der Waals surface area contributed by atoms with Gasteiger partial charge in [0.15, 0.2) is 0 Å². The molecule has 0 aromatic heterocycles. The summed E-state index contributed by atoms with van der Waals surface area (Å²) in [6, 6.07) is 7.91. The molecular formula is C13H15ClINO. The highest BCUT2D eigenvalue weighted by Gasteiger charge is 2.32. The second kappa shape index (κ2) is 5.67. The fraction of sp³-hybridized carbons (Fsp3) is 0.462.